The van der Waals surface area contributed by atoms with Gasteiger partial charge in [-0.15, -0.1) is 0 Å². The molecular weight excluding hydrogens is 326 g/mol. The third kappa shape index (κ3) is 3.63. The first-order valence-corrected chi connectivity index (χ1v) is 7.94. The van der Waals surface area contributed by atoms with Crippen LogP contribution in [-0.2, 0) is 11.2 Å². The van der Waals surface area contributed by atoms with Gasteiger partial charge in [-0.1, -0.05) is 29.8 Å². The minimum atomic E-state index is -0.264. The molecule has 0 saturated carbocycles. The van der Waals surface area contributed by atoms with Crippen LogP contribution in [0.25, 0.3) is 11.0 Å². The smallest absolute Gasteiger partial charge is 0.270 e. The normalized spacial score (nSPS) is 10.8. The topological polar surface area (TPSA) is 74.8 Å². The number of para-hydroxylation sites is 2. The number of carbonyl (C=O) groups excluding carboxylic acids is 1. The lowest BCUT2D eigenvalue weighted by Crippen LogP contribution is -2.19. The van der Waals surface area contributed by atoms with Gasteiger partial charge < -0.3 is 10.3 Å². The van der Waals surface area contributed by atoms with Crippen LogP contribution in [0.4, 0.5) is 5.69 Å². The van der Waals surface area contributed by atoms with Gasteiger partial charge in [0.15, 0.2) is 0 Å². The Kier molecular flexibility index (Phi) is 4.62. The first-order chi connectivity index (χ1) is 11.5. The summed E-state index contributed by atoms with van der Waals surface area (Å²) in [6.07, 6.45) is 0.436. The zero-order chi connectivity index (χ0) is 17.1. The Morgan fingerprint density at radius 2 is 2.04 bits per heavy atom. The molecule has 3 rings (SSSR count). The Morgan fingerprint density at radius 1 is 1.25 bits per heavy atom. The highest BCUT2D eigenvalue weighted by Gasteiger charge is 2.09. The first-order valence-electron chi connectivity index (χ1n) is 7.57. The van der Waals surface area contributed by atoms with Crippen LogP contribution >= 0.6 is 11.6 Å². The van der Waals surface area contributed by atoms with Gasteiger partial charge in [-0.2, -0.15) is 0 Å². The molecule has 0 aliphatic rings. The maximum atomic E-state index is 12.1. The van der Waals surface area contributed by atoms with Crippen LogP contribution in [0.2, 0.25) is 5.02 Å². The summed E-state index contributed by atoms with van der Waals surface area (Å²) in [5.74, 6) is -0.190. The van der Waals surface area contributed by atoms with Crippen molar-refractivity contribution in [3.63, 3.8) is 0 Å². The van der Waals surface area contributed by atoms with E-state index in [1.807, 2.05) is 31.2 Å². The van der Waals surface area contributed by atoms with Gasteiger partial charge in [0, 0.05) is 23.6 Å². The zero-order valence-corrected chi connectivity index (χ0v) is 13.9. The van der Waals surface area contributed by atoms with Crippen molar-refractivity contribution in [1.82, 2.24) is 9.97 Å². The number of benzene rings is 2. The Morgan fingerprint density at radius 3 is 2.83 bits per heavy atom. The predicted octanol–water partition coefficient (Wildman–Crippen LogP) is 3.46. The van der Waals surface area contributed by atoms with E-state index in [1.54, 1.807) is 18.2 Å². The van der Waals surface area contributed by atoms with Gasteiger partial charge in [-0.05, 0) is 36.8 Å². The van der Waals surface area contributed by atoms with Crippen molar-refractivity contribution in [3.8, 4) is 0 Å². The fourth-order valence-electron chi connectivity index (χ4n) is 2.36. The van der Waals surface area contributed by atoms with Crippen LogP contribution in [0.3, 0.4) is 0 Å². The standard InChI is InChI=1S/C18H16ClN3O2/c1-11-6-7-12(10-13(11)19)20-17(23)9-8-16-18(24)22-15-5-3-2-4-14(15)21-16/h2-7,10H,8-9H2,1H3,(H,20,23)(H,22,24). The SMILES string of the molecule is Cc1ccc(NC(=O)CCc2nc3ccccc3[nH]c2=O)cc1Cl. The molecule has 0 radical (unpaired) electrons. The summed E-state index contributed by atoms with van der Waals surface area (Å²) in [5, 5.41) is 3.37. The molecule has 0 saturated heterocycles. The fourth-order valence-corrected chi connectivity index (χ4v) is 2.54. The van der Waals surface area contributed by atoms with Gasteiger partial charge >= 0.3 is 0 Å². The highest BCUT2D eigenvalue weighted by atomic mass is 35.5. The van der Waals surface area contributed by atoms with Crippen LogP contribution in [0.5, 0.6) is 0 Å². The number of H-pyrrole nitrogens is 1. The number of halogens is 1. The van der Waals surface area contributed by atoms with Gasteiger partial charge in [-0.25, -0.2) is 4.98 Å². The Balaban J connectivity index is 1.68. The lowest BCUT2D eigenvalue weighted by Gasteiger charge is -2.07. The number of hydrogen-bond acceptors (Lipinski definition) is 3. The summed E-state index contributed by atoms with van der Waals surface area (Å²) < 4.78 is 0. The second-order valence-corrected chi connectivity index (χ2v) is 5.95. The molecule has 0 unspecified atom stereocenters. The van der Waals surface area contributed by atoms with Gasteiger partial charge in [0.25, 0.3) is 5.56 Å². The fraction of sp³-hybridized carbons (Fsp3) is 0.167. The summed E-state index contributed by atoms with van der Waals surface area (Å²) in [6.45, 7) is 1.89. The molecule has 0 aliphatic heterocycles. The summed E-state index contributed by atoms with van der Waals surface area (Å²) >= 11 is 6.04. The van der Waals surface area contributed by atoms with E-state index in [4.69, 9.17) is 11.6 Å². The first kappa shape index (κ1) is 16.2. The summed E-state index contributed by atoms with van der Waals surface area (Å²) in [7, 11) is 0. The minimum Gasteiger partial charge on any atom is -0.326 e. The van der Waals surface area contributed by atoms with Gasteiger partial charge in [-0.3, -0.25) is 9.59 Å². The van der Waals surface area contributed by atoms with Gasteiger partial charge in [0.05, 0.1) is 11.0 Å². The molecule has 1 aromatic heterocycles. The average Bonchev–Trinajstić information content (AvgIpc) is 2.56. The van der Waals surface area contributed by atoms with Crippen LogP contribution in [-0.4, -0.2) is 15.9 Å². The average molecular weight is 342 g/mol. The van der Waals surface area contributed by atoms with Crippen molar-refractivity contribution in [2.45, 2.75) is 19.8 Å². The molecule has 122 valence electrons. The van der Waals surface area contributed by atoms with E-state index >= 15 is 0 Å². The van der Waals surface area contributed by atoms with Crippen molar-refractivity contribution < 1.29 is 4.79 Å². The monoisotopic (exact) mass is 341 g/mol. The number of nitrogens with one attached hydrogen (secondary N) is 2. The predicted molar refractivity (Wildman–Crippen MR) is 95.5 cm³/mol. The summed E-state index contributed by atoms with van der Waals surface area (Å²) in [4.78, 5) is 31.2. The van der Waals surface area contributed by atoms with Crippen LogP contribution in [0, 0.1) is 6.92 Å². The van der Waals surface area contributed by atoms with E-state index in [2.05, 4.69) is 15.3 Å². The van der Waals surface area contributed by atoms with E-state index < -0.39 is 0 Å². The highest BCUT2D eigenvalue weighted by Crippen LogP contribution is 2.20. The quantitative estimate of drug-likeness (QED) is 0.763. The molecule has 0 atom stereocenters. The van der Waals surface area contributed by atoms with Gasteiger partial charge in [0.1, 0.15) is 5.69 Å². The largest absolute Gasteiger partial charge is 0.326 e. The molecule has 6 heteroatoms. The number of aromatic nitrogens is 2. The van der Waals surface area contributed by atoms with Crippen LogP contribution in [0.15, 0.2) is 47.3 Å². The van der Waals surface area contributed by atoms with E-state index in [9.17, 15) is 9.59 Å². The molecule has 0 aliphatic carbocycles. The second-order valence-electron chi connectivity index (χ2n) is 5.54. The molecule has 0 spiro atoms. The van der Waals surface area contributed by atoms with Crippen molar-refractivity contribution in [1.29, 1.82) is 0 Å². The maximum absolute atomic E-state index is 12.1. The number of hydrogen-bond donors (Lipinski definition) is 2. The molecule has 0 bridgehead atoms. The van der Waals surface area contributed by atoms with Crippen LogP contribution < -0.4 is 10.9 Å². The lowest BCUT2D eigenvalue weighted by atomic mass is 10.2. The molecule has 1 heterocycles. The number of amides is 1. The summed E-state index contributed by atoms with van der Waals surface area (Å²) in [6, 6.07) is 12.6. The molecular formula is C18H16ClN3O2. The zero-order valence-electron chi connectivity index (χ0n) is 13.1. The summed E-state index contributed by atoms with van der Waals surface area (Å²) in [5.41, 5.74) is 3.06. The number of fused-ring (bicyclic) bond motifs is 1. The number of carbonyl (C=O) groups is 1. The lowest BCUT2D eigenvalue weighted by molar-refractivity contribution is -0.116. The van der Waals surface area contributed by atoms with Crippen molar-refractivity contribution >= 4 is 34.2 Å². The number of nitrogens with zero attached hydrogens (tertiary/aromatic N) is 1. The Bertz CT molecular complexity index is 966. The van der Waals surface area contributed by atoms with Crippen molar-refractivity contribution in [2.75, 3.05) is 5.32 Å². The highest BCUT2D eigenvalue weighted by molar-refractivity contribution is 6.31. The molecule has 3 aromatic rings. The molecule has 1 amide bonds. The maximum Gasteiger partial charge on any atom is 0.270 e. The minimum absolute atomic E-state index is 0.167. The van der Waals surface area contributed by atoms with E-state index in [1.165, 1.54) is 0 Å². The molecule has 2 aromatic carbocycles. The van der Waals surface area contributed by atoms with E-state index in [0.717, 1.165) is 5.56 Å². The second kappa shape index (κ2) is 6.84. The molecule has 0 fully saturated rings. The molecule has 24 heavy (non-hydrogen) atoms. The van der Waals surface area contributed by atoms with Gasteiger partial charge in [0.2, 0.25) is 5.91 Å². The number of rotatable bonds is 4. The third-order valence-electron chi connectivity index (χ3n) is 3.71. The number of aromatic amines is 1. The molecule has 2 N–H and O–H groups in total. The molecule has 5 nitrogen and oxygen atoms in total. The van der Waals surface area contributed by atoms with E-state index in [0.29, 0.717) is 27.4 Å². The third-order valence-corrected chi connectivity index (χ3v) is 4.12. The Hall–Kier alpha value is -2.66. The van der Waals surface area contributed by atoms with Crippen molar-refractivity contribution in [2.24, 2.45) is 0 Å². The number of anilines is 1. The van der Waals surface area contributed by atoms with E-state index in [-0.39, 0.29) is 24.3 Å². The van der Waals surface area contributed by atoms with Crippen LogP contribution in [0.1, 0.15) is 17.7 Å². The number of aryl methyl sites for hydroxylation is 2. The van der Waals surface area contributed by atoms with Crippen molar-refractivity contribution in [3.05, 3.63) is 69.1 Å². The Labute approximate surface area is 143 Å².